The van der Waals surface area contributed by atoms with Crippen LogP contribution in [-0.2, 0) is 4.79 Å². The van der Waals surface area contributed by atoms with Gasteiger partial charge in [-0.25, -0.2) is 0 Å². The average Bonchev–Trinajstić information content (AvgIpc) is 2.54. The van der Waals surface area contributed by atoms with Gasteiger partial charge in [-0.3, -0.25) is 4.79 Å². The Bertz CT molecular complexity index is 731. The number of nitriles is 1. The van der Waals surface area contributed by atoms with Gasteiger partial charge < -0.3 is 10.6 Å². The number of halogens is 2. The lowest BCUT2D eigenvalue weighted by Crippen LogP contribution is -2.22. The van der Waals surface area contributed by atoms with E-state index in [1.54, 1.807) is 42.5 Å². The third-order valence-electron chi connectivity index (χ3n) is 2.82. The number of nitrogens with zero attached hydrogens (tertiary/aromatic N) is 1. The maximum atomic E-state index is 12.5. The molecule has 0 aliphatic heterocycles. The molecule has 0 atom stereocenters. The first-order chi connectivity index (χ1) is 11.1. The molecule has 0 aromatic heterocycles. The van der Waals surface area contributed by atoms with Crippen molar-refractivity contribution in [1.29, 1.82) is 5.26 Å². The van der Waals surface area contributed by atoms with Gasteiger partial charge in [0.15, 0.2) is 0 Å². The molecule has 0 heterocycles. The minimum Gasteiger partial charge on any atom is -0.376 e. The van der Waals surface area contributed by atoms with Crippen LogP contribution in [0.3, 0.4) is 0 Å². The number of alkyl halides is 2. The Balaban J connectivity index is 1.96. The average molecular weight is 333 g/mol. The first-order valence-corrected chi connectivity index (χ1v) is 7.54. The van der Waals surface area contributed by atoms with Crippen molar-refractivity contribution in [3.8, 4) is 6.07 Å². The van der Waals surface area contributed by atoms with Crippen LogP contribution < -0.4 is 10.6 Å². The maximum Gasteiger partial charge on any atom is 0.288 e. The molecule has 0 aliphatic carbocycles. The molecule has 7 heteroatoms. The zero-order chi connectivity index (χ0) is 16.7. The van der Waals surface area contributed by atoms with Gasteiger partial charge >= 0.3 is 0 Å². The second kappa shape index (κ2) is 8.15. The van der Waals surface area contributed by atoms with Crippen LogP contribution in [0.2, 0.25) is 0 Å². The molecule has 0 saturated heterocycles. The van der Waals surface area contributed by atoms with E-state index in [2.05, 4.69) is 10.6 Å². The number of carbonyl (C=O) groups excluding carboxylic acids is 1. The summed E-state index contributed by atoms with van der Waals surface area (Å²) in [6.45, 7) is -0.0391. The zero-order valence-corrected chi connectivity index (χ0v) is 12.7. The number of para-hydroxylation sites is 1. The van der Waals surface area contributed by atoms with Crippen molar-refractivity contribution in [1.82, 2.24) is 0 Å². The molecule has 1 amide bonds. The highest BCUT2D eigenvalue weighted by Crippen LogP contribution is 2.31. The molecule has 0 bridgehead atoms. The molecule has 0 fully saturated rings. The van der Waals surface area contributed by atoms with E-state index in [1.807, 2.05) is 6.07 Å². The van der Waals surface area contributed by atoms with Crippen LogP contribution in [-0.4, -0.2) is 18.2 Å². The lowest BCUT2D eigenvalue weighted by atomic mass is 10.2. The first-order valence-electron chi connectivity index (χ1n) is 6.66. The lowest BCUT2D eigenvalue weighted by molar-refractivity contribution is -0.114. The van der Waals surface area contributed by atoms with E-state index in [0.717, 1.165) is 0 Å². The molecule has 23 heavy (non-hydrogen) atoms. The van der Waals surface area contributed by atoms with E-state index in [1.165, 1.54) is 6.07 Å². The Morgan fingerprint density at radius 1 is 1.22 bits per heavy atom. The Kier molecular flexibility index (Phi) is 5.94. The number of hydrogen-bond acceptors (Lipinski definition) is 4. The number of benzene rings is 2. The summed E-state index contributed by atoms with van der Waals surface area (Å²) in [5.41, 5.74) is 1.46. The highest BCUT2D eigenvalue weighted by Gasteiger charge is 2.11. The van der Waals surface area contributed by atoms with Crippen molar-refractivity contribution in [2.75, 3.05) is 17.2 Å². The number of nitrogens with one attached hydrogen (secondary N) is 2. The molecule has 2 aromatic carbocycles. The van der Waals surface area contributed by atoms with E-state index in [0.29, 0.717) is 33.6 Å². The first kappa shape index (κ1) is 16.8. The Morgan fingerprint density at radius 3 is 2.74 bits per heavy atom. The summed E-state index contributed by atoms with van der Waals surface area (Å²) in [5, 5.41) is 14.3. The second-order valence-corrected chi connectivity index (χ2v) is 5.50. The molecule has 0 spiro atoms. The van der Waals surface area contributed by atoms with Crippen LogP contribution in [0.4, 0.5) is 20.2 Å². The molecule has 2 N–H and O–H groups in total. The van der Waals surface area contributed by atoms with Crippen LogP contribution in [0.5, 0.6) is 0 Å². The van der Waals surface area contributed by atoms with Crippen LogP contribution in [0.1, 0.15) is 5.56 Å². The van der Waals surface area contributed by atoms with Gasteiger partial charge in [0.05, 0.1) is 23.9 Å². The van der Waals surface area contributed by atoms with Crippen molar-refractivity contribution in [3.63, 3.8) is 0 Å². The molecule has 0 saturated carbocycles. The third-order valence-corrected chi connectivity index (χ3v) is 3.61. The predicted molar refractivity (Wildman–Crippen MR) is 86.6 cm³/mol. The molecular formula is C16H13F2N3OS. The van der Waals surface area contributed by atoms with E-state index in [9.17, 15) is 13.6 Å². The van der Waals surface area contributed by atoms with Crippen molar-refractivity contribution < 1.29 is 13.6 Å². The Hall–Kier alpha value is -2.59. The number of carbonyl (C=O) groups is 1. The number of thioether (sulfide) groups is 1. The Labute approximate surface area is 136 Å². The van der Waals surface area contributed by atoms with Crippen LogP contribution in [0, 0.1) is 11.3 Å². The quantitative estimate of drug-likeness (QED) is 0.786. The van der Waals surface area contributed by atoms with E-state index in [-0.39, 0.29) is 12.5 Å². The number of anilines is 2. The van der Waals surface area contributed by atoms with Crippen LogP contribution in [0.15, 0.2) is 53.4 Å². The summed E-state index contributed by atoms with van der Waals surface area (Å²) in [4.78, 5) is 12.3. The number of amides is 1. The molecule has 2 rings (SSSR count). The fraction of sp³-hybridized carbons (Fsp3) is 0.125. The van der Waals surface area contributed by atoms with Crippen molar-refractivity contribution in [2.45, 2.75) is 10.7 Å². The van der Waals surface area contributed by atoms with Gasteiger partial charge in [0.1, 0.15) is 0 Å². The fourth-order valence-electron chi connectivity index (χ4n) is 1.84. The summed E-state index contributed by atoms with van der Waals surface area (Å²) in [5.74, 6) is -2.92. The molecular weight excluding hydrogens is 320 g/mol. The molecule has 0 radical (unpaired) electrons. The van der Waals surface area contributed by atoms with E-state index >= 15 is 0 Å². The summed E-state index contributed by atoms with van der Waals surface area (Å²) >= 11 is 0.382. The van der Waals surface area contributed by atoms with Crippen LogP contribution >= 0.6 is 11.8 Å². The lowest BCUT2D eigenvalue weighted by Gasteiger charge is -2.11. The van der Waals surface area contributed by atoms with Gasteiger partial charge in [0.25, 0.3) is 5.76 Å². The summed E-state index contributed by atoms with van der Waals surface area (Å²) in [6.07, 6.45) is 0. The number of hydrogen-bond donors (Lipinski definition) is 2. The SMILES string of the molecule is N#Cc1cccc(NCC(=O)Nc2ccccc2SC(F)F)c1. The van der Waals surface area contributed by atoms with Gasteiger partial charge in [-0.1, -0.05) is 30.0 Å². The summed E-state index contributed by atoms with van der Waals surface area (Å²) in [7, 11) is 0. The van der Waals surface area contributed by atoms with Gasteiger partial charge in [0.2, 0.25) is 5.91 Å². The maximum absolute atomic E-state index is 12.5. The molecule has 2 aromatic rings. The molecule has 118 valence electrons. The highest BCUT2D eigenvalue weighted by molar-refractivity contribution is 7.99. The topological polar surface area (TPSA) is 64.9 Å². The molecule has 4 nitrogen and oxygen atoms in total. The van der Waals surface area contributed by atoms with Crippen molar-refractivity contribution in [2.24, 2.45) is 0 Å². The minimum atomic E-state index is -2.56. The monoisotopic (exact) mass is 333 g/mol. The van der Waals surface area contributed by atoms with Gasteiger partial charge in [-0.2, -0.15) is 14.0 Å². The molecule has 0 unspecified atom stereocenters. The van der Waals surface area contributed by atoms with Gasteiger partial charge in [-0.15, -0.1) is 0 Å². The van der Waals surface area contributed by atoms with Crippen molar-refractivity contribution >= 4 is 29.0 Å². The highest BCUT2D eigenvalue weighted by atomic mass is 32.2. The normalized spacial score (nSPS) is 10.2. The van der Waals surface area contributed by atoms with E-state index in [4.69, 9.17) is 5.26 Å². The van der Waals surface area contributed by atoms with E-state index < -0.39 is 5.76 Å². The fourth-order valence-corrected chi connectivity index (χ4v) is 2.44. The summed E-state index contributed by atoms with van der Waals surface area (Å²) < 4.78 is 25.0. The van der Waals surface area contributed by atoms with Gasteiger partial charge in [-0.05, 0) is 30.3 Å². The zero-order valence-electron chi connectivity index (χ0n) is 11.9. The second-order valence-electron chi connectivity index (χ2n) is 4.47. The third kappa shape index (κ3) is 5.27. The standard InChI is InChI=1S/C16H13F2N3OS/c17-16(18)23-14-7-2-1-6-13(14)21-15(22)10-20-12-5-3-4-11(8-12)9-19/h1-8,16,20H,10H2,(H,21,22). The Morgan fingerprint density at radius 2 is 2.00 bits per heavy atom. The largest absolute Gasteiger partial charge is 0.376 e. The molecule has 0 aliphatic rings. The van der Waals surface area contributed by atoms with Crippen LogP contribution in [0.25, 0.3) is 0 Å². The van der Waals surface area contributed by atoms with Gasteiger partial charge in [0, 0.05) is 10.6 Å². The minimum absolute atomic E-state index is 0.0391. The predicted octanol–water partition coefficient (Wildman–Crippen LogP) is 3.92. The smallest absolute Gasteiger partial charge is 0.288 e. The summed E-state index contributed by atoms with van der Waals surface area (Å²) in [6, 6.07) is 15.1. The van der Waals surface area contributed by atoms with Crippen molar-refractivity contribution in [3.05, 3.63) is 54.1 Å². The number of rotatable bonds is 6.